The van der Waals surface area contributed by atoms with Gasteiger partial charge < -0.3 is 14.5 Å². The smallest absolute Gasteiger partial charge is 0.128 e. The van der Waals surface area contributed by atoms with E-state index < -0.39 is 0 Å². The van der Waals surface area contributed by atoms with Crippen LogP contribution in [0.25, 0.3) is 5.57 Å². The minimum Gasteiger partial charge on any atom is -0.493 e. The van der Waals surface area contributed by atoms with E-state index in [4.69, 9.17) is 9.73 Å². The van der Waals surface area contributed by atoms with Crippen LogP contribution in [0.3, 0.4) is 0 Å². The number of aryl methyl sites for hydroxylation is 1. The lowest BCUT2D eigenvalue weighted by Crippen LogP contribution is -2.40. The number of aliphatic imine (C=N–C) groups is 1. The van der Waals surface area contributed by atoms with Gasteiger partial charge in [-0.15, -0.1) is 0 Å². The first-order valence-electron chi connectivity index (χ1n) is 12.5. The van der Waals surface area contributed by atoms with Gasteiger partial charge in [0.15, 0.2) is 0 Å². The van der Waals surface area contributed by atoms with Gasteiger partial charge in [0.05, 0.1) is 12.3 Å². The average molecular weight is 430 g/mol. The van der Waals surface area contributed by atoms with E-state index in [1.54, 1.807) is 0 Å². The van der Waals surface area contributed by atoms with E-state index in [2.05, 4.69) is 66.3 Å². The van der Waals surface area contributed by atoms with Crippen molar-refractivity contribution < 1.29 is 4.74 Å². The highest BCUT2D eigenvalue weighted by atomic mass is 16.5. The summed E-state index contributed by atoms with van der Waals surface area (Å²) in [6.45, 7) is 7.55. The topological polar surface area (TPSA) is 28.1 Å². The first-order chi connectivity index (χ1) is 15.6. The second-order valence-corrected chi connectivity index (χ2v) is 10.5. The van der Waals surface area contributed by atoms with Crippen LogP contribution in [0.2, 0.25) is 0 Å². The highest BCUT2D eigenvalue weighted by Crippen LogP contribution is 2.40. The number of rotatable bonds is 0. The number of likely N-dealkylation sites (N-methyl/N-ethyl adjacent to an activating group) is 1. The molecule has 1 aromatic carbocycles. The Morgan fingerprint density at radius 3 is 2.84 bits per heavy atom. The van der Waals surface area contributed by atoms with Crippen molar-refractivity contribution in [1.82, 2.24) is 9.80 Å². The quantitative estimate of drug-likeness (QED) is 0.586. The van der Waals surface area contributed by atoms with Crippen molar-refractivity contribution >= 4 is 11.4 Å². The zero-order valence-corrected chi connectivity index (χ0v) is 19.5. The van der Waals surface area contributed by atoms with Crippen LogP contribution in [0.15, 0.2) is 53.2 Å². The van der Waals surface area contributed by atoms with Crippen LogP contribution in [0.5, 0.6) is 5.75 Å². The molecule has 6 rings (SSSR count). The maximum atomic E-state index is 6.47. The maximum absolute atomic E-state index is 6.47. The number of ether oxygens (including phenoxy) is 1. The third-order valence-corrected chi connectivity index (χ3v) is 8.34. The fraction of sp³-hybridized carbons (Fsp3) is 0.536. The van der Waals surface area contributed by atoms with Gasteiger partial charge in [-0.2, -0.15) is 0 Å². The number of hydrogen-bond donors (Lipinski definition) is 0. The maximum Gasteiger partial charge on any atom is 0.128 e. The lowest BCUT2D eigenvalue weighted by molar-refractivity contribution is 0.175. The molecule has 168 valence electrons. The van der Waals surface area contributed by atoms with Crippen LogP contribution < -0.4 is 4.74 Å². The Balaban J connectivity index is 1.38. The van der Waals surface area contributed by atoms with Crippen LogP contribution in [0.1, 0.15) is 36.8 Å². The molecule has 2 aliphatic carbocycles. The standard InChI is InChI=1S/C28H35N3O/c1-19-6-9-24-15-26(19)25-10-7-21-8-11-27(29-28(21)25)30(2)12-13-31-16-20(18-32-24)14-22-4-3-5-23(22)17-31/h6-11,15,20-23H,3-5,12-14,16-18H2,1-2H3/t20?,21?,22?,23-/m0/s1. The molecule has 0 spiro atoms. The Bertz CT molecular complexity index is 1020. The molecule has 3 heterocycles. The number of amidine groups is 1. The highest BCUT2D eigenvalue weighted by Gasteiger charge is 2.35. The fourth-order valence-electron chi connectivity index (χ4n) is 6.48. The van der Waals surface area contributed by atoms with Crippen molar-refractivity contribution in [3.63, 3.8) is 0 Å². The second kappa shape index (κ2) is 8.22. The van der Waals surface area contributed by atoms with Gasteiger partial charge in [-0.3, -0.25) is 0 Å². The van der Waals surface area contributed by atoms with Gasteiger partial charge in [0, 0.05) is 50.6 Å². The molecule has 0 radical (unpaired) electrons. The third-order valence-electron chi connectivity index (χ3n) is 8.34. The van der Waals surface area contributed by atoms with Crippen LogP contribution in [-0.2, 0) is 0 Å². The van der Waals surface area contributed by atoms with Gasteiger partial charge >= 0.3 is 0 Å². The molecule has 5 atom stereocenters. The molecule has 0 aromatic heterocycles. The molecular weight excluding hydrogens is 394 g/mol. The normalized spacial score (nSPS) is 33.8. The summed E-state index contributed by atoms with van der Waals surface area (Å²) in [4.78, 5) is 10.2. The molecule has 1 aromatic rings. The van der Waals surface area contributed by atoms with Crippen molar-refractivity contribution in [3.05, 3.63) is 59.3 Å². The molecule has 32 heavy (non-hydrogen) atoms. The zero-order valence-electron chi connectivity index (χ0n) is 19.5. The number of nitrogens with zero attached hydrogens (tertiary/aromatic N) is 3. The lowest BCUT2D eigenvalue weighted by Gasteiger charge is -2.29. The second-order valence-electron chi connectivity index (χ2n) is 10.5. The number of fused-ring (bicyclic) bond motifs is 6. The molecule has 5 aliphatic rings. The molecule has 4 heteroatoms. The Morgan fingerprint density at radius 1 is 1.03 bits per heavy atom. The number of benzene rings is 1. The summed E-state index contributed by atoms with van der Waals surface area (Å²) >= 11 is 0. The predicted molar refractivity (Wildman–Crippen MR) is 131 cm³/mol. The summed E-state index contributed by atoms with van der Waals surface area (Å²) in [7, 11) is 2.20. The predicted octanol–water partition coefficient (Wildman–Crippen LogP) is 4.92. The Kier molecular flexibility index (Phi) is 5.21. The van der Waals surface area contributed by atoms with Gasteiger partial charge in [-0.25, -0.2) is 4.99 Å². The molecule has 3 aliphatic heterocycles. The first-order valence-corrected chi connectivity index (χ1v) is 12.5. The van der Waals surface area contributed by atoms with E-state index in [1.807, 2.05) is 0 Å². The lowest BCUT2D eigenvalue weighted by atomic mass is 9.89. The first kappa shape index (κ1) is 20.3. The van der Waals surface area contributed by atoms with Gasteiger partial charge in [0.25, 0.3) is 0 Å². The number of hydrogen-bond acceptors (Lipinski definition) is 4. The molecule has 4 nitrogen and oxygen atoms in total. The molecule has 0 amide bonds. The van der Waals surface area contributed by atoms with E-state index >= 15 is 0 Å². The molecular formula is C28H35N3O. The minimum atomic E-state index is 0.285. The monoisotopic (exact) mass is 429 g/mol. The van der Waals surface area contributed by atoms with Crippen molar-refractivity contribution in [2.75, 3.05) is 39.8 Å². The zero-order chi connectivity index (χ0) is 21.7. The van der Waals surface area contributed by atoms with Crippen molar-refractivity contribution in [2.45, 2.75) is 32.6 Å². The van der Waals surface area contributed by atoms with Crippen LogP contribution >= 0.6 is 0 Å². The molecule has 6 bridgehead atoms. The van der Waals surface area contributed by atoms with Crippen LogP contribution in [0.4, 0.5) is 0 Å². The molecule has 1 saturated carbocycles. The van der Waals surface area contributed by atoms with E-state index in [9.17, 15) is 0 Å². The summed E-state index contributed by atoms with van der Waals surface area (Å²) in [5.74, 6) is 4.74. The third kappa shape index (κ3) is 3.73. The minimum absolute atomic E-state index is 0.285. The average Bonchev–Trinajstić information content (AvgIpc) is 3.38. The Labute approximate surface area is 192 Å². The van der Waals surface area contributed by atoms with Gasteiger partial charge in [0.2, 0.25) is 0 Å². The number of allylic oxidation sites excluding steroid dienone is 3. The Morgan fingerprint density at radius 2 is 1.91 bits per heavy atom. The SMILES string of the molecule is Cc1ccc2cc1C1=C3N=C(C=CC3C=C1)N(C)CCN1CC(CO2)CC2CCC[C@H]2C1. The van der Waals surface area contributed by atoms with E-state index in [0.29, 0.717) is 5.92 Å². The van der Waals surface area contributed by atoms with Gasteiger partial charge in [0.1, 0.15) is 11.6 Å². The molecule has 4 unspecified atom stereocenters. The van der Waals surface area contributed by atoms with Crippen LogP contribution in [-0.4, -0.2) is 55.5 Å². The van der Waals surface area contributed by atoms with E-state index in [0.717, 1.165) is 49.7 Å². The Hall–Kier alpha value is -2.33. The van der Waals surface area contributed by atoms with E-state index in [-0.39, 0.29) is 5.92 Å². The van der Waals surface area contributed by atoms with Crippen LogP contribution in [0, 0.1) is 30.6 Å². The summed E-state index contributed by atoms with van der Waals surface area (Å²) in [5, 5.41) is 0. The van der Waals surface area contributed by atoms with Gasteiger partial charge in [-0.05, 0) is 60.9 Å². The highest BCUT2D eigenvalue weighted by molar-refractivity contribution is 5.97. The van der Waals surface area contributed by atoms with Crippen molar-refractivity contribution in [1.29, 1.82) is 0 Å². The largest absolute Gasteiger partial charge is 0.493 e. The van der Waals surface area contributed by atoms with E-state index in [1.165, 1.54) is 54.6 Å². The molecule has 2 fully saturated rings. The van der Waals surface area contributed by atoms with Crippen molar-refractivity contribution in [3.8, 4) is 5.75 Å². The van der Waals surface area contributed by atoms with Gasteiger partial charge in [-0.1, -0.05) is 37.1 Å². The summed E-state index contributed by atoms with van der Waals surface area (Å²) < 4.78 is 6.47. The fourth-order valence-corrected chi connectivity index (χ4v) is 6.48. The summed E-state index contributed by atoms with van der Waals surface area (Å²) in [6, 6.07) is 6.60. The molecule has 0 N–H and O–H groups in total. The van der Waals surface area contributed by atoms with Crippen molar-refractivity contribution in [2.24, 2.45) is 28.7 Å². The summed E-state index contributed by atoms with van der Waals surface area (Å²) in [5.41, 5.74) is 4.96. The number of dihydropyridines is 1. The summed E-state index contributed by atoms with van der Waals surface area (Å²) in [6.07, 6.45) is 14.6. The molecule has 1 saturated heterocycles.